The zero-order valence-electron chi connectivity index (χ0n) is 18.7. The molecule has 0 spiro atoms. The minimum Gasteiger partial charge on any atom is -0.480 e. The Morgan fingerprint density at radius 3 is 2.20 bits per heavy atom. The number of carboxylic acids is 1. The molecule has 1 saturated carbocycles. The van der Waals surface area contributed by atoms with Gasteiger partial charge in [-0.1, -0.05) is 60.1 Å². The van der Waals surface area contributed by atoms with Crippen LogP contribution in [0.3, 0.4) is 0 Å². The number of aliphatic carboxylic acids is 1. The molecule has 2 aliphatic carbocycles. The lowest BCUT2D eigenvalue weighted by molar-refractivity contribution is -0.137. The number of nitrogens with one attached hydrogen (secondary N) is 1. The van der Waals surface area contributed by atoms with Crippen molar-refractivity contribution in [3.8, 4) is 11.1 Å². The molecule has 0 aromatic heterocycles. The van der Waals surface area contributed by atoms with Crippen LogP contribution in [-0.4, -0.2) is 47.2 Å². The van der Waals surface area contributed by atoms with Gasteiger partial charge in [-0.05, 0) is 53.3 Å². The summed E-state index contributed by atoms with van der Waals surface area (Å²) >= 11 is 6.26. The number of fused-ring (bicyclic) bond motifs is 3. The van der Waals surface area contributed by atoms with Crippen LogP contribution in [0.2, 0.25) is 5.02 Å². The topological polar surface area (TPSA) is 95.9 Å². The highest BCUT2D eigenvalue weighted by Gasteiger charge is 2.34. The minimum atomic E-state index is -1.07. The number of carbonyl (C=O) groups is 3. The van der Waals surface area contributed by atoms with Gasteiger partial charge in [0.05, 0.1) is 10.7 Å². The second kappa shape index (κ2) is 9.43. The molecule has 8 heteroatoms. The lowest BCUT2D eigenvalue weighted by Crippen LogP contribution is -2.37. The molecule has 3 aromatic carbocycles. The summed E-state index contributed by atoms with van der Waals surface area (Å²) in [5, 5.41) is 12.0. The number of halogens is 1. The van der Waals surface area contributed by atoms with Gasteiger partial charge in [0.2, 0.25) is 0 Å². The number of hydrogen-bond donors (Lipinski definition) is 2. The summed E-state index contributed by atoms with van der Waals surface area (Å²) in [5.74, 6) is -1.57. The Morgan fingerprint density at radius 1 is 0.971 bits per heavy atom. The maximum atomic E-state index is 12.9. The van der Waals surface area contributed by atoms with Gasteiger partial charge in [0.15, 0.2) is 0 Å². The molecule has 0 bridgehead atoms. The van der Waals surface area contributed by atoms with Crippen LogP contribution >= 0.6 is 11.6 Å². The molecule has 3 aromatic rings. The van der Waals surface area contributed by atoms with Crippen LogP contribution in [0.4, 0.5) is 10.5 Å². The number of rotatable bonds is 7. The number of amides is 2. The largest absolute Gasteiger partial charge is 0.480 e. The maximum absolute atomic E-state index is 12.9. The molecule has 0 radical (unpaired) electrons. The smallest absolute Gasteiger partial charge is 0.411 e. The van der Waals surface area contributed by atoms with Crippen molar-refractivity contribution in [1.82, 2.24) is 4.90 Å². The molecule has 178 valence electrons. The number of nitrogens with zero attached hydrogens (tertiary/aromatic N) is 1. The summed E-state index contributed by atoms with van der Waals surface area (Å²) < 4.78 is 5.57. The molecule has 35 heavy (non-hydrogen) atoms. The summed E-state index contributed by atoms with van der Waals surface area (Å²) in [6.45, 7) is -0.231. The molecular formula is C27H23ClN2O5. The maximum Gasteiger partial charge on any atom is 0.411 e. The Hall–Kier alpha value is -3.84. The normalized spacial score (nSPS) is 14.1. The van der Waals surface area contributed by atoms with E-state index in [0.717, 1.165) is 35.1 Å². The number of carboxylic acid groups (broad SMARTS) is 1. The average molecular weight is 491 g/mol. The van der Waals surface area contributed by atoms with E-state index in [0.29, 0.717) is 0 Å². The Labute approximate surface area is 207 Å². The van der Waals surface area contributed by atoms with Gasteiger partial charge < -0.3 is 14.7 Å². The van der Waals surface area contributed by atoms with Crippen LogP contribution in [0, 0.1) is 0 Å². The Bertz CT molecular complexity index is 1270. The molecule has 0 saturated heterocycles. The van der Waals surface area contributed by atoms with Gasteiger partial charge in [0.25, 0.3) is 5.91 Å². The van der Waals surface area contributed by atoms with Crippen molar-refractivity contribution in [2.24, 2.45) is 0 Å². The highest BCUT2D eigenvalue weighted by atomic mass is 35.5. The van der Waals surface area contributed by atoms with E-state index in [1.54, 1.807) is 0 Å². The first-order valence-electron chi connectivity index (χ1n) is 11.4. The van der Waals surface area contributed by atoms with Crippen molar-refractivity contribution in [3.05, 3.63) is 88.4 Å². The van der Waals surface area contributed by atoms with E-state index in [1.165, 1.54) is 23.1 Å². The monoisotopic (exact) mass is 490 g/mol. The molecular weight excluding hydrogens is 468 g/mol. The zero-order valence-corrected chi connectivity index (χ0v) is 19.5. The van der Waals surface area contributed by atoms with E-state index in [9.17, 15) is 14.4 Å². The molecule has 5 rings (SSSR count). The van der Waals surface area contributed by atoms with E-state index in [-0.39, 0.29) is 41.4 Å². The first kappa shape index (κ1) is 22.9. The van der Waals surface area contributed by atoms with Crippen molar-refractivity contribution < 1.29 is 24.2 Å². The van der Waals surface area contributed by atoms with Gasteiger partial charge in [-0.3, -0.25) is 14.9 Å². The summed E-state index contributed by atoms with van der Waals surface area (Å²) in [7, 11) is 0. The Kier molecular flexibility index (Phi) is 6.17. The lowest BCUT2D eigenvalue weighted by atomic mass is 9.98. The second-order valence-corrected chi connectivity index (χ2v) is 9.11. The van der Waals surface area contributed by atoms with Gasteiger partial charge in [-0.2, -0.15) is 0 Å². The van der Waals surface area contributed by atoms with Crippen LogP contribution in [0.1, 0.15) is 40.2 Å². The van der Waals surface area contributed by atoms with Crippen LogP contribution in [0.25, 0.3) is 11.1 Å². The molecule has 2 aliphatic rings. The fourth-order valence-electron chi connectivity index (χ4n) is 4.56. The summed E-state index contributed by atoms with van der Waals surface area (Å²) in [4.78, 5) is 38.1. The molecule has 0 heterocycles. The van der Waals surface area contributed by atoms with Crippen LogP contribution < -0.4 is 5.32 Å². The van der Waals surface area contributed by atoms with E-state index in [2.05, 4.69) is 17.4 Å². The third kappa shape index (κ3) is 4.72. The number of carbonyl (C=O) groups excluding carboxylic acids is 2. The van der Waals surface area contributed by atoms with Gasteiger partial charge in [-0.25, -0.2) is 4.79 Å². The molecule has 0 aliphatic heterocycles. The highest BCUT2D eigenvalue weighted by Crippen LogP contribution is 2.44. The second-order valence-electron chi connectivity index (χ2n) is 8.70. The summed E-state index contributed by atoms with van der Waals surface area (Å²) in [6.07, 6.45) is 0.859. The number of hydrogen-bond acceptors (Lipinski definition) is 4. The van der Waals surface area contributed by atoms with Crippen LogP contribution in [0.15, 0.2) is 66.7 Å². The fraction of sp³-hybridized carbons (Fsp3) is 0.222. The lowest BCUT2D eigenvalue weighted by Gasteiger charge is -2.21. The molecule has 0 atom stereocenters. The van der Waals surface area contributed by atoms with Crippen LogP contribution in [-0.2, 0) is 9.53 Å². The third-order valence-corrected chi connectivity index (χ3v) is 6.68. The van der Waals surface area contributed by atoms with Gasteiger partial charge in [0.1, 0.15) is 13.2 Å². The predicted octanol–water partition coefficient (Wildman–Crippen LogP) is 5.39. The van der Waals surface area contributed by atoms with Crippen molar-refractivity contribution in [2.45, 2.75) is 24.8 Å². The Morgan fingerprint density at radius 2 is 1.60 bits per heavy atom. The molecule has 7 nitrogen and oxygen atoms in total. The number of anilines is 1. The summed E-state index contributed by atoms with van der Waals surface area (Å²) in [5.41, 5.74) is 4.94. The zero-order chi connectivity index (χ0) is 24.5. The van der Waals surface area contributed by atoms with Crippen molar-refractivity contribution >= 4 is 35.3 Å². The van der Waals surface area contributed by atoms with Crippen molar-refractivity contribution in [2.75, 3.05) is 18.5 Å². The fourth-order valence-corrected chi connectivity index (χ4v) is 4.73. The Balaban J connectivity index is 1.29. The molecule has 1 fully saturated rings. The highest BCUT2D eigenvalue weighted by molar-refractivity contribution is 6.33. The standard InChI is InChI=1S/C27H23ClN2O5/c28-23-12-9-16(26(33)30(14-25(31)32)17-10-11-17)13-24(23)29-27(34)35-15-22-20-7-3-1-5-18(20)19-6-2-4-8-21(19)22/h1-9,12-13,17,22H,10-11,14-15H2,(H,29,34)(H,31,32). The van der Waals surface area contributed by atoms with E-state index in [1.807, 2.05) is 36.4 Å². The number of ether oxygens (including phenoxy) is 1. The van der Waals surface area contributed by atoms with Gasteiger partial charge in [-0.15, -0.1) is 0 Å². The van der Waals surface area contributed by atoms with Crippen molar-refractivity contribution in [1.29, 1.82) is 0 Å². The molecule has 2 amide bonds. The minimum absolute atomic E-state index is 0.0761. The molecule has 2 N–H and O–H groups in total. The van der Waals surface area contributed by atoms with Crippen molar-refractivity contribution in [3.63, 3.8) is 0 Å². The van der Waals surface area contributed by atoms with E-state index in [4.69, 9.17) is 21.4 Å². The van der Waals surface area contributed by atoms with E-state index >= 15 is 0 Å². The third-order valence-electron chi connectivity index (χ3n) is 6.35. The molecule has 0 unspecified atom stereocenters. The first-order valence-corrected chi connectivity index (χ1v) is 11.7. The first-order chi connectivity index (χ1) is 16.9. The van der Waals surface area contributed by atoms with Crippen LogP contribution in [0.5, 0.6) is 0 Å². The summed E-state index contributed by atoms with van der Waals surface area (Å²) in [6, 6.07) is 20.5. The average Bonchev–Trinajstić information content (AvgIpc) is 3.65. The number of benzene rings is 3. The van der Waals surface area contributed by atoms with E-state index < -0.39 is 18.0 Å². The predicted molar refractivity (Wildman–Crippen MR) is 132 cm³/mol. The quantitative estimate of drug-likeness (QED) is 0.463. The van der Waals surface area contributed by atoms with Gasteiger partial charge >= 0.3 is 12.1 Å². The van der Waals surface area contributed by atoms with Gasteiger partial charge in [0, 0.05) is 17.5 Å². The SMILES string of the molecule is O=C(O)CN(C(=O)c1ccc(Cl)c(NC(=O)OCC2c3ccccc3-c3ccccc32)c1)C1CC1.